The van der Waals surface area contributed by atoms with Crippen molar-refractivity contribution in [2.45, 2.75) is 18.5 Å². The van der Waals surface area contributed by atoms with Gasteiger partial charge in [-0.3, -0.25) is 14.1 Å². The molecule has 0 saturated carbocycles. The first-order valence-corrected chi connectivity index (χ1v) is 7.10. The summed E-state index contributed by atoms with van der Waals surface area (Å²) in [5.74, 6) is -0.949. The van der Waals surface area contributed by atoms with Crippen LogP contribution >= 0.6 is 22.9 Å². The lowest BCUT2D eigenvalue weighted by molar-refractivity contribution is -0.142. The number of carboxylic acids is 1. The van der Waals surface area contributed by atoms with Gasteiger partial charge in [0.1, 0.15) is 5.54 Å². The number of carbonyl (C=O) groups is 1. The molecule has 19 heavy (non-hydrogen) atoms. The van der Waals surface area contributed by atoms with Crippen LogP contribution < -0.4 is 5.73 Å². The fourth-order valence-electron chi connectivity index (χ4n) is 2.38. The number of carboxylic acid groups (broad SMARTS) is 1. The van der Waals surface area contributed by atoms with Crippen LogP contribution in [0.25, 0.3) is 4.96 Å². The fraction of sp³-hybridized carbons (Fsp3) is 0.455. The Morgan fingerprint density at radius 2 is 2.47 bits per heavy atom. The quantitative estimate of drug-likeness (QED) is 0.885. The zero-order valence-corrected chi connectivity index (χ0v) is 11.6. The normalized spacial score (nSPS) is 24.3. The van der Waals surface area contributed by atoms with Gasteiger partial charge in [-0.25, -0.2) is 4.98 Å². The van der Waals surface area contributed by atoms with E-state index in [9.17, 15) is 4.79 Å². The Morgan fingerprint density at radius 3 is 3.16 bits per heavy atom. The average molecular weight is 301 g/mol. The van der Waals surface area contributed by atoms with Crippen LogP contribution in [0.4, 0.5) is 0 Å². The van der Waals surface area contributed by atoms with E-state index in [-0.39, 0.29) is 0 Å². The molecule has 1 unspecified atom stereocenters. The number of rotatable bonds is 3. The van der Waals surface area contributed by atoms with E-state index in [2.05, 4.69) is 4.98 Å². The van der Waals surface area contributed by atoms with E-state index in [1.807, 2.05) is 20.9 Å². The van der Waals surface area contributed by atoms with Gasteiger partial charge in [-0.15, -0.1) is 11.3 Å². The van der Waals surface area contributed by atoms with E-state index in [0.717, 1.165) is 10.7 Å². The molecule has 102 valence electrons. The number of nitrogens with two attached hydrogens (primary N) is 1. The molecular weight excluding hydrogens is 288 g/mol. The monoisotopic (exact) mass is 300 g/mol. The van der Waals surface area contributed by atoms with E-state index in [0.29, 0.717) is 31.2 Å². The molecule has 0 aliphatic carbocycles. The molecule has 3 heterocycles. The first kappa shape index (κ1) is 12.9. The molecule has 2 aromatic rings. The summed E-state index contributed by atoms with van der Waals surface area (Å²) in [5, 5.41) is 11.5. The van der Waals surface area contributed by atoms with Crippen molar-refractivity contribution in [3.63, 3.8) is 0 Å². The molecule has 0 spiro atoms. The maximum Gasteiger partial charge on any atom is 0.325 e. The number of aliphatic carboxylic acids is 1. The number of hydrogen-bond donors (Lipinski definition) is 2. The molecule has 0 amide bonds. The second-order valence-electron chi connectivity index (χ2n) is 4.83. The van der Waals surface area contributed by atoms with Gasteiger partial charge in [0.05, 0.1) is 5.69 Å². The summed E-state index contributed by atoms with van der Waals surface area (Å²) in [6.45, 7) is 1.54. The van der Waals surface area contributed by atoms with Crippen molar-refractivity contribution >= 4 is 33.9 Å². The molecular formula is C11H13ClN4O2S. The van der Waals surface area contributed by atoms with Crippen molar-refractivity contribution in [1.82, 2.24) is 14.3 Å². The Kier molecular flexibility index (Phi) is 3.01. The largest absolute Gasteiger partial charge is 0.480 e. The Balaban J connectivity index is 1.81. The van der Waals surface area contributed by atoms with Crippen LogP contribution in [0, 0.1) is 0 Å². The summed E-state index contributed by atoms with van der Waals surface area (Å²) >= 11 is 7.64. The van der Waals surface area contributed by atoms with Crippen LogP contribution in [0.15, 0.2) is 11.6 Å². The maximum absolute atomic E-state index is 11.1. The molecule has 8 heteroatoms. The first-order chi connectivity index (χ1) is 8.99. The summed E-state index contributed by atoms with van der Waals surface area (Å²) in [6.07, 6.45) is 2.36. The van der Waals surface area contributed by atoms with E-state index < -0.39 is 11.5 Å². The SMILES string of the molecule is NC1(C(=O)O)CCN(Cc2c(Cl)nc3sccn23)C1. The Hall–Kier alpha value is -1.15. The van der Waals surface area contributed by atoms with E-state index >= 15 is 0 Å². The van der Waals surface area contributed by atoms with Gasteiger partial charge in [0.15, 0.2) is 10.1 Å². The van der Waals surface area contributed by atoms with Crippen LogP contribution in [0.5, 0.6) is 0 Å². The van der Waals surface area contributed by atoms with Crippen molar-refractivity contribution < 1.29 is 9.90 Å². The van der Waals surface area contributed by atoms with Crippen molar-refractivity contribution in [1.29, 1.82) is 0 Å². The molecule has 3 rings (SSSR count). The van der Waals surface area contributed by atoms with Crippen molar-refractivity contribution in [2.24, 2.45) is 5.73 Å². The molecule has 1 aliphatic rings. The zero-order valence-electron chi connectivity index (χ0n) is 10.0. The summed E-state index contributed by atoms with van der Waals surface area (Å²) < 4.78 is 1.93. The van der Waals surface area contributed by atoms with E-state index in [1.54, 1.807) is 0 Å². The van der Waals surface area contributed by atoms with Gasteiger partial charge in [-0.1, -0.05) is 11.6 Å². The molecule has 0 bridgehead atoms. The highest BCUT2D eigenvalue weighted by molar-refractivity contribution is 7.15. The van der Waals surface area contributed by atoms with Crippen molar-refractivity contribution in [3.05, 3.63) is 22.4 Å². The Morgan fingerprint density at radius 1 is 1.68 bits per heavy atom. The standard InChI is InChI=1S/C11H13ClN4O2S/c12-8-7(16-3-4-19-10(16)14-8)5-15-2-1-11(13,6-15)9(17)18/h3-4H,1-2,5-6,13H2,(H,17,18). The third-order valence-electron chi connectivity index (χ3n) is 3.49. The number of imidazole rings is 1. The molecule has 0 aromatic carbocycles. The molecule has 2 aromatic heterocycles. The molecule has 0 radical (unpaired) electrons. The minimum absolute atomic E-state index is 0.329. The number of hydrogen-bond acceptors (Lipinski definition) is 5. The topological polar surface area (TPSA) is 83.9 Å². The fourth-order valence-corrected chi connectivity index (χ4v) is 3.40. The summed E-state index contributed by atoms with van der Waals surface area (Å²) in [6, 6.07) is 0. The predicted octanol–water partition coefficient (Wildman–Crippen LogP) is 1.04. The summed E-state index contributed by atoms with van der Waals surface area (Å²) in [7, 11) is 0. The predicted molar refractivity (Wildman–Crippen MR) is 72.5 cm³/mol. The molecule has 1 aliphatic heterocycles. The molecule has 1 fully saturated rings. The second-order valence-corrected chi connectivity index (χ2v) is 6.06. The zero-order chi connectivity index (χ0) is 13.6. The van der Waals surface area contributed by atoms with Crippen LogP contribution in [0.2, 0.25) is 5.15 Å². The molecule has 1 saturated heterocycles. The smallest absolute Gasteiger partial charge is 0.325 e. The molecule has 3 N–H and O–H groups in total. The molecule has 1 atom stereocenters. The second kappa shape index (κ2) is 4.45. The van der Waals surface area contributed by atoms with Gasteiger partial charge in [-0.2, -0.15) is 0 Å². The molecule has 6 nitrogen and oxygen atoms in total. The number of likely N-dealkylation sites (tertiary alicyclic amines) is 1. The Labute approximate surface area is 118 Å². The highest BCUT2D eigenvalue weighted by Gasteiger charge is 2.41. The third-order valence-corrected chi connectivity index (χ3v) is 4.55. The number of halogens is 1. The van der Waals surface area contributed by atoms with Gasteiger partial charge < -0.3 is 10.8 Å². The van der Waals surface area contributed by atoms with Crippen molar-refractivity contribution in [3.8, 4) is 0 Å². The number of thiazole rings is 1. The minimum atomic E-state index is -1.15. The Bertz CT molecular complexity index is 640. The van der Waals surface area contributed by atoms with Gasteiger partial charge >= 0.3 is 5.97 Å². The van der Waals surface area contributed by atoms with Gasteiger partial charge in [-0.05, 0) is 6.42 Å². The van der Waals surface area contributed by atoms with Crippen LogP contribution in [0.3, 0.4) is 0 Å². The lowest BCUT2D eigenvalue weighted by atomic mass is 10.0. The van der Waals surface area contributed by atoms with Gasteiger partial charge in [0.25, 0.3) is 0 Å². The maximum atomic E-state index is 11.1. The lowest BCUT2D eigenvalue weighted by Gasteiger charge is -2.19. The van der Waals surface area contributed by atoms with Gasteiger partial charge in [0, 0.05) is 31.2 Å². The number of fused-ring (bicyclic) bond motifs is 1. The van der Waals surface area contributed by atoms with Crippen LogP contribution in [-0.2, 0) is 11.3 Å². The van der Waals surface area contributed by atoms with Crippen LogP contribution in [-0.4, -0.2) is 44.0 Å². The first-order valence-electron chi connectivity index (χ1n) is 5.84. The minimum Gasteiger partial charge on any atom is -0.480 e. The summed E-state index contributed by atoms with van der Waals surface area (Å²) in [4.78, 5) is 18.2. The van der Waals surface area contributed by atoms with Crippen molar-refractivity contribution in [2.75, 3.05) is 13.1 Å². The highest BCUT2D eigenvalue weighted by atomic mass is 35.5. The number of nitrogens with zero attached hydrogens (tertiary/aromatic N) is 3. The third kappa shape index (κ3) is 2.12. The summed E-state index contributed by atoms with van der Waals surface area (Å²) in [5.41, 5.74) is 5.59. The van der Waals surface area contributed by atoms with E-state index in [4.69, 9.17) is 22.4 Å². The average Bonchev–Trinajstić information content (AvgIpc) is 2.99. The van der Waals surface area contributed by atoms with Gasteiger partial charge in [0.2, 0.25) is 0 Å². The lowest BCUT2D eigenvalue weighted by Crippen LogP contribution is -2.50. The van der Waals surface area contributed by atoms with Crippen LogP contribution in [0.1, 0.15) is 12.1 Å². The van der Waals surface area contributed by atoms with E-state index in [1.165, 1.54) is 11.3 Å². The highest BCUT2D eigenvalue weighted by Crippen LogP contribution is 2.26. The number of aromatic nitrogens is 2.